The minimum atomic E-state index is 0.0707. The number of anilines is 2. The van der Waals surface area contributed by atoms with Crippen LogP contribution in [0.4, 0.5) is 11.4 Å². The molecule has 13 rings (SSSR count). The third-order valence-corrected chi connectivity index (χ3v) is 14.0. The van der Waals surface area contributed by atoms with Gasteiger partial charge in [-0.05, 0) is 107 Å². The summed E-state index contributed by atoms with van der Waals surface area (Å²) in [4.78, 5) is 2.53. The quantitative estimate of drug-likeness (QED) is 0.152. The molecule has 0 spiro atoms. The monoisotopic (exact) mass is 858 g/mol. The fourth-order valence-electron chi connectivity index (χ4n) is 10.9. The van der Waals surface area contributed by atoms with Gasteiger partial charge in [-0.2, -0.15) is 0 Å². The predicted molar refractivity (Wildman–Crippen MR) is 282 cm³/mol. The van der Waals surface area contributed by atoms with Crippen LogP contribution in [0.25, 0.3) is 94.5 Å². The number of para-hydroxylation sites is 6. The third-order valence-electron chi connectivity index (χ3n) is 14.0. The standard InChI is InChI=1S/C64H46N2O/c1-2-20-50-44(16-1)17-14-26-51(50)45-36-40-49(41-37-45)65(60-30-9-6-24-55(60)57-27-15-28-58-56-25-7-12-33-63(56)67-64(57)58)48-38-34-43(35-39-48)46-18-13-19-47(42-46)52-21-3-8-29-59(52)66-61-31-10-4-22-53(61)54-23-5-11-32-62(54)66/h2-15,17-40,42,49H,1,16,41H2. The molecule has 2 aliphatic rings. The highest BCUT2D eigenvalue weighted by Gasteiger charge is 2.26. The van der Waals surface area contributed by atoms with Gasteiger partial charge in [-0.3, -0.25) is 0 Å². The zero-order chi connectivity index (χ0) is 44.3. The Labute approximate surface area is 390 Å². The lowest BCUT2D eigenvalue weighted by Gasteiger charge is -2.35. The van der Waals surface area contributed by atoms with E-state index in [-0.39, 0.29) is 6.04 Å². The molecule has 318 valence electrons. The molecule has 1 atom stereocenters. The van der Waals surface area contributed by atoms with Crippen molar-refractivity contribution in [3.8, 4) is 39.1 Å². The van der Waals surface area contributed by atoms with Crippen molar-refractivity contribution < 1.29 is 4.42 Å². The molecule has 3 heteroatoms. The Balaban J connectivity index is 0.899. The van der Waals surface area contributed by atoms with Gasteiger partial charge in [0, 0.05) is 49.6 Å². The predicted octanol–water partition coefficient (Wildman–Crippen LogP) is 17.2. The number of hydrogen-bond donors (Lipinski definition) is 0. The van der Waals surface area contributed by atoms with Gasteiger partial charge in [0.25, 0.3) is 0 Å². The number of fused-ring (bicyclic) bond motifs is 7. The average Bonchev–Trinajstić information content (AvgIpc) is 3.95. The van der Waals surface area contributed by atoms with Crippen molar-refractivity contribution in [3.05, 3.63) is 247 Å². The van der Waals surface area contributed by atoms with Gasteiger partial charge < -0.3 is 13.9 Å². The molecule has 0 bridgehead atoms. The van der Waals surface area contributed by atoms with E-state index < -0.39 is 0 Å². The first kappa shape index (κ1) is 39.0. The fourth-order valence-corrected chi connectivity index (χ4v) is 10.9. The molecule has 2 heterocycles. The van der Waals surface area contributed by atoms with E-state index in [0.29, 0.717) is 0 Å². The van der Waals surface area contributed by atoms with Crippen molar-refractivity contribution in [3.63, 3.8) is 0 Å². The lowest BCUT2D eigenvalue weighted by molar-refractivity contribution is 0.670. The minimum absolute atomic E-state index is 0.0707. The Morgan fingerprint density at radius 1 is 0.493 bits per heavy atom. The van der Waals surface area contributed by atoms with E-state index in [9.17, 15) is 0 Å². The van der Waals surface area contributed by atoms with Crippen molar-refractivity contribution in [2.45, 2.75) is 25.3 Å². The highest BCUT2D eigenvalue weighted by atomic mass is 16.3. The number of aromatic nitrogens is 1. The molecule has 67 heavy (non-hydrogen) atoms. The smallest absolute Gasteiger partial charge is 0.143 e. The van der Waals surface area contributed by atoms with Crippen LogP contribution in [0, 0.1) is 0 Å². The first-order chi connectivity index (χ1) is 33.2. The van der Waals surface area contributed by atoms with E-state index in [0.717, 1.165) is 63.7 Å². The van der Waals surface area contributed by atoms with Crippen molar-refractivity contribution in [1.29, 1.82) is 0 Å². The molecule has 0 N–H and O–H groups in total. The van der Waals surface area contributed by atoms with Gasteiger partial charge in [-0.25, -0.2) is 0 Å². The van der Waals surface area contributed by atoms with Crippen molar-refractivity contribution in [2.75, 3.05) is 4.90 Å². The van der Waals surface area contributed by atoms with E-state index in [4.69, 9.17) is 4.42 Å². The number of hydrogen-bond acceptors (Lipinski definition) is 2. The van der Waals surface area contributed by atoms with Gasteiger partial charge in [0.1, 0.15) is 11.2 Å². The number of benzene rings is 9. The van der Waals surface area contributed by atoms with E-state index in [2.05, 4.69) is 240 Å². The van der Waals surface area contributed by atoms with Crippen LogP contribution in [0.5, 0.6) is 0 Å². The summed E-state index contributed by atoms with van der Waals surface area (Å²) in [6.07, 6.45) is 14.9. The molecule has 0 amide bonds. The summed E-state index contributed by atoms with van der Waals surface area (Å²) in [7, 11) is 0. The van der Waals surface area contributed by atoms with Crippen molar-refractivity contribution in [2.24, 2.45) is 0 Å². The summed E-state index contributed by atoms with van der Waals surface area (Å²) in [6, 6.07) is 75.1. The number of aryl methyl sites for hydroxylation is 1. The molecule has 0 fully saturated rings. The highest BCUT2D eigenvalue weighted by Crippen LogP contribution is 2.44. The molecule has 2 aliphatic carbocycles. The summed E-state index contributed by atoms with van der Waals surface area (Å²) >= 11 is 0. The normalized spacial score (nSPS) is 14.5. The number of rotatable bonds is 8. The maximum absolute atomic E-state index is 6.66. The molecule has 11 aromatic rings. The van der Waals surface area contributed by atoms with E-state index in [1.165, 1.54) is 72.0 Å². The first-order valence-corrected chi connectivity index (χ1v) is 23.5. The number of nitrogens with zero attached hydrogens (tertiary/aromatic N) is 2. The molecule has 0 radical (unpaired) electrons. The molecule has 1 unspecified atom stereocenters. The topological polar surface area (TPSA) is 21.3 Å². The SMILES string of the molecule is C1=Cc2c(cccc2C2=CCC(N(c3ccc(-c4cccc(-c5ccccc5-n5c6ccccc6c6ccccc65)c4)cc3)c3ccccc3-c3cccc4c3oc3ccccc34)C=C2)CC1. The summed E-state index contributed by atoms with van der Waals surface area (Å²) in [6.45, 7) is 0. The molecular weight excluding hydrogens is 813 g/mol. The minimum Gasteiger partial charge on any atom is -0.455 e. The second kappa shape index (κ2) is 16.2. The number of allylic oxidation sites excluding steroid dienone is 3. The van der Waals surface area contributed by atoms with Gasteiger partial charge in [0.05, 0.1) is 22.8 Å². The maximum atomic E-state index is 6.66. The second-order valence-corrected chi connectivity index (χ2v) is 17.8. The third kappa shape index (κ3) is 6.65. The summed E-state index contributed by atoms with van der Waals surface area (Å²) in [5, 5.41) is 4.79. The lowest BCUT2D eigenvalue weighted by atomic mass is 9.87. The van der Waals surface area contributed by atoms with Crippen LogP contribution < -0.4 is 4.90 Å². The molecule has 3 nitrogen and oxygen atoms in total. The Morgan fingerprint density at radius 3 is 1.97 bits per heavy atom. The van der Waals surface area contributed by atoms with Crippen molar-refractivity contribution >= 4 is 66.8 Å². The first-order valence-electron chi connectivity index (χ1n) is 23.5. The summed E-state index contributed by atoms with van der Waals surface area (Å²) in [5.74, 6) is 0. The highest BCUT2D eigenvalue weighted by molar-refractivity contribution is 6.11. The summed E-state index contributed by atoms with van der Waals surface area (Å²) in [5.41, 5.74) is 20.0. The van der Waals surface area contributed by atoms with Gasteiger partial charge >= 0.3 is 0 Å². The van der Waals surface area contributed by atoms with E-state index >= 15 is 0 Å². The van der Waals surface area contributed by atoms with Crippen LogP contribution in [-0.2, 0) is 6.42 Å². The van der Waals surface area contributed by atoms with Crippen LogP contribution >= 0.6 is 0 Å². The molecule has 9 aromatic carbocycles. The Morgan fingerprint density at radius 2 is 1.15 bits per heavy atom. The Bertz CT molecular complexity index is 3750. The van der Waals surface area contributed by atoms with Crippen LogP contribution in [0.3, 0.4) is 0 Å². The second-order valence-electron chi connectivity index (χ2n) is 17.8. The lowest BCUT2D eigenvalue weighted by Crippen LogP contribution is -2.30. The van der Waals surface area contributed by atoms with Crippen LogP contribution in [0.15, 0.2) is 235 Å². The zero-order valence-corrected chi connectivity index (χ0v) is 37.0. The average molecular weight is 859 g/mol. The molecule has 0 saturated carbocycles. The van der Waals surface area contributed by atoms with Crippen LogP contribution in [-0.4, -0.2) is 10.6 Å². The zero-order valence-electron chi connectivity index (χ0n) is 37.0. The fraction of sp³-hybridized carbons (Fsp3) is 0.0625. The van der Waals surface area contributed by atoms with E-state index in [1.807, 2.05) is 6.07 Å². The Hall–Kier alpha value is -8.40. The van der Waals surface area contributed by atoms with Crippen LogP contribution in [0.1, 0.15) is 29.5 Å². The van der Waals surface area contributed by atoms with Gasteiger partial charge in [0.2, 0.25) is 0 Å². The van der Waals surface area contributed by atoms with Crippen molar-refractivity contribution in [1.82, 2.24) is 4.57 Å². The van der Waals surface area contributed by atoms with Crippen LogP contribution in [0.2, 0.25) is 0 Å². The van der Waals surface area contributed by atoms with Gasteiger partial charge in [-0.15, -0.1) is 0 Å². The summed E-state index contributed by atoms with van der Waals surface area (Å²) < 4.78 is 9.08. The Kier molecular flexibility index (Phi) is 9.45. The van der Waals surface area contributed by atoms with Gasteiger partial charge in [-0.1, -0.05) is 188 Å². The molecule has 0 aliphatic heterocycles. The molecular formula is C64H46N2O. The molecule has 0 saturated heterocycles. The molecule has 2 aromatic heterocycles. The van der Waals surface area contributed by atoms with E-state index in [1.54, 1.807) is 0 Å². The van der Waals surface area contributed by atoms with Gasteiger partial charge in [0.15, 0.2) is 0 Å². The largest absolute Gasteiger partial charge is 0.455 e. The number of furan rings is 1. The maximum Gasteiger partial charge on any atom is 0.143 e.